The van der Waals surface area contributed by atoms with Crippen LogP contribution in [0.25, 0.3) is 0 Å². The average Bonchev–Trinajstić information content (AvgIpc) is 2.56. The Morgan fingerprint density at radius 3 is 2.46 bits per heavy atom. The van der Waals surface area contributed by atoms with Crippen LogP contribution in [0.3, 0.4) is 0 Å². The van der Waals surface area contributed by atoms with Crippen LogP contribution in [0.1, 0.15) is 11.1 Å². The molecule has 6 heteroatoms. The smallest absolute Gasteiger partial charge is 0.323 e. The zero-order valence-corrected chi connectivity index (χ0v) is 13.4. The van der Waals surface area contributed by atoms with Gasteiger partial charge in [-0.3, -0.25) is 4.79 Å². The number of phenolic OH excluding ortho intramolecular Hbond substituents is 2. The van der Waals surface area contributed by atoms with E-state index < -0.39 is 12.0 Å². The molecule has 1 atom stereocenters. The number of carbonyl (C=O) groups excluding carboxylic acids is 1. The molecule has 0 heterocycles. The van der Waals surface area contributed by atoms with Crippen molar-refractivity contribution in [1.82, 2.24) is 0 Å². The second kappa shape index (κ2) is 8.21. The molecule has 2 aromatic carbocycles. The van der Waals surface area contributed by atoms with Crippen LogP contribution in [-0.4, -0.2) is 35.4 Å². The van der Waals surface area contributed by atoms with Gasteiger partial charge in [0.1, 0.15) is 25.0 Å². The minimum atomic E-state index is -0.853. The molecule has 0 aliphatic rings. The Hall–Kier alpha value is -2.73. The molecule has 0 unspecified atom stereocenters. The second-order valence-corrected chi connectivity index (χ2v) is 5.46. The van der Waals surface area contributed by atoms with Gasteiger partial charge in [0.05, 0.1) is 0 Å². The van der Waals surface area contributed by atoms with E-state index in [-0.39, 0.29) is 31.1 Å². The molecule has 0 radical (unpaired) electrons. The van der Waals surface area contributed by atoms with Crippen LogP contribution in [0.4, 0.5) is 0 Å². The van der Waals surface area contributed by atoms with Gasteiger partial charge in [-0.2, -0.15) is 0 Å². The summed E-state index contributed by atoms with van der Waals surface area (Å²) in [7, 11) is 0. The van der Waals surface area contributed by atoms with Crippen molar-refractivity contribution < 1.29 is 24.5 Å². The molecule has 0 aromatic heterocycles. The maximum atomic E-state index is 11.8. The Kier molecular flexibility index (Phi) is 6.03. The summed E-state index contributed by atoms with van der Waals surface area (Å²) in [5, 5.41) is 18.7. The van der Waals surface area contributed by atoms with Gasteiger partial charge in [0.2, 0.25) is 0 Å². The molecule has 2 aromatic rings. The van der Waals surface area contributed by atoms with E-state index in [1.54, 1.807) is 6.07 Å². The van der Waals surface area contributed by atoms with Crippen LogP contribution in [-0.2, 0) is 16.0 Å². The van der Waals surface area contributed by atoms with Crippen molar-refractivity contribution >= 4 is 5.97 Å². The van der Waals surface area contributed by atoms with Crippen molar-refractivity contribution in [2.75, 3.05) is 13.2 Å². The number of benzene rings is 2. The molecule has 0 aliphatic carbocycles. The average molecular weight is 331 g/mol. The number of nitrogens with two attached hydrogens (primary N) is 1. The molecule has 4 N–H and O–H groups in total. The van der Waals surface area contributed by atoms with Crippen LogP contribution < -0.4 is 10.5 Å². The molecule has 0 bridgehead atoms. The lowest BCUT2D eigenvalue weighted by Crippen LogP contribution is -2.35. The lowest BCUT2D eigenvalue weighted by molar-refractivity contribution is -0.145. The third-order valence-corrected chi connectivity index (χ3v) is 3.42. The van der Waals surface area contributed by atoms with Gasteiger partial charge in [0.15, 0.2) is 11.5 Å². The highest BCUT2D eigenvalue weighted by atomic mass is 16.6. The number of aryl methyl sites for hydroxylation is 1. The highest BCUT2D eigenvalue weighted by Gasteiger charge is 2.16. The maximum Gasteiger partial charge on any atom is 0.323 e. The summed E-state index contributed by atoms with van der Waals surface area (Å²) in [5.74, 6) is -0.307. The molecule has 6 nitrogen and oxygen atoms in total. The molecule has 24 heavy (non-hydrogen) atoms. The van der Waals surface area contributed by atoms with Gasteiger partial charge < -0.3 is 25.4 Å². The fraction of sp³-hybridized carbons (Fsp3) is 0.278. The third kappa shape index (κ3) is 5.17. The molecule has 0 fully saturated rings. The van der Waals surface area contributed by atoms with Gasteiger partial charge >= 0.3 is 5.97 Å². The van der Waals surface area contributed by atoms with Crippen molar-refractivity contribution in [2.24, 2.45) is 5.73 Å². The van der Waals surface area contributed by atoms with Gasteiger partial charge in [-0.25, -0.2) is 0 Å². The Morgan fingerprint density at radius 1 is 1.08 bits per heavy atom. The van der Waals surface area contributed by atoms with Crippen LogP contribution in [0.5, 0.6) is 17.2 Å². The predicted octanol–water partition coefficient (Wildman–Crippen LogP) is 1.90. The van der Waals surface area contributed by atoms with Crippen molar-refractivity contribution in [3.05, 3.63) is 53.6 Å². The molecule has 0 aliphatic heterocycles. The summed E-state index contributed by atoms with van der Waals surface area (Å²) >= 11 is 0. The second-order valence-electron chi connectivity index (χ2n) is 5.46. The quantitative estimate of drug-likeness (QED) is 0.407. The maximum absolute atomic E-state index is 11.8. The first kappa shape index (κ1) is 17.6. The Labute approximate surface area is 140 Å². The molecular formula is C18H21NO5. The number of hydrogen-bond acceptors (Lipinski definition) is 6. The fourth-order valence-electron chi connectivity index (χ4n) is 2.08. The summed E-state index contributed by atoms with van der Waals surface area (Å²) in [4.78, 5) is 11.8. The van der Waals surface area contributed by atoms with Gasteiger partial charge in [0, 0.05) is 0 Å². The van der Waals surface area contributed by atoms with E-state index >= 15 is 0 Å². The number of ether oxygens (including phenoxy) is 2. The lowest BCUT2D eigenvalue weighted by atomic mass is 10.1. The summed E-state index contributed by atoms with van der Waals surface area (Å²) in [6, 6.07) is 11.0. The molecule has 0 spiro atoms. The molecular weight excluding hydrogens is 310 g/mol. The van der Waals surface area contributed by atoms with Crippen LogP contribution in [0.15, 0.2) is 42.5 Å². The van der Waals surface area contributed by atoms with Crippen LogP contribution in [0, 0.1) is 6.92 Å². The van der Waals surface area contributed by atoms with E-state index in [1.807, 2.05) is 31.2 Å². The van der Waals surface area contributed by atoms with E-state index in [0.29, 0.717) is 11.3 Å². The van der Waals surface area contributed by atoms with Crippen molar-refractivity contribution in [1.29, 1.82) is 0 Å². The van der Waals surface area contributed by atoms with Crippen molar-refractivity contribution in [2.45, 2.75) is 19.4 Å². The number of phenols is 2. The Morgan fingerprint density at radius 2 is 1.79 bits per heavy atom. The number of hydrogen-bond donors (Lipinski definition) is 3. The van der Waals surface area contributed by atoms with Crippen molar-refractivity contribution in [3.8, 4) is 17.2 Å². The molecule has 128 valence electrons. The van der Waals surface area contributed by atoms with Crippen LogP contribution >= 0.6 is 0 Å². The molecule has 2 rings (SSSR count). The summed E-state index contributed by atoms with van der Waals surface area (Å²) < 4.78 is 10.5. The SMILES string of the molecule is Cc1ccc(OCCOC(=O)[C@@H](N)Cc2ccc(O)c(O)c2)cc1. The Balaban J connectivity index is 1.73. The first-order valence-corrected chi connectivity index (χ1v) is 7.58. The molecule has 0 amide bonds. The first-order valence-electron chi connectivity index (χ1n) is 7.58. The summed E-state index contributed by atoms with van der Waals surface area (Å²) in [6.07, 6.45) is 0.200. The van der Waals surface area contributed by atoms with E-state index in [0.717, 1.165) is 5.56 Å². The zero-order chi connectivity index (χ0) is 17.5. The van der Waals surface area contributed by atoms with Crippen molar-refractivity contribution in [3.63, 3.8) is 0 Å². The van der Waals surface area contributed by atoms with Gasteiger partial charge in [-0.05, 0) is 43.2 Å². The lowest BCUT2D eigenvalue weighted by Gasteiger charge is -2.12. The number of rotatable bonds is 7. The minimum Gasteiger partial charge on any atom is -0.504 e. The first-order chi connectivity index (χ1) is 11.5. The largest absolute Gasteiger partial charge is 0.504 e. The monoisotopic (exact) mass is 331 g/mol. The highest BCUT2D eigenvalue weighted by Crippen LogP contribution is 2.25. The van der Waals surface area contributed by atoms with Gasteiger partial charge in [0.25, 0.3) is 0 Å². The highest BCUT2D eigenvalue weighted by molar-refractivity contribution is 5.75. The van der Waals surface area contributed by atoms with Gasteiger partial charge in [-0.1, -0.05) is 23.8 Å². The zero-order valence-electron chi connectivity index (χ0n) is 13.4. The normalized spacial score (nSPS) is 11.8. The molecule has 0 saturated carbocycles. The summed E-state index contributed by atoms with van der Waals surface area (Å²) in [6.45, 7) is 2.32. The standard InChI is InChI=1S/C18H21NO5/c1-12-2-5-14(6-3-12)23-8-9-24-18(22)15(19)10-13-4-7-16(20)17(21)11-13/h2-7,11,15,20-21H,8-10,19H2,1H3/t15-/m0/s1. The number of aromatic hydroxyl groups is 2. The summed E-state index contributed by atoms with van der Waals surface area (Å²) in [5.41, 5.74) is 7.56. The van der Waals surface area contributed by atoms with E-state index in [9.17, 15) is 15.0 Å². The third-order valence-electron chi connectivity index (χ3n) is 3.42. The Bertz CT molecular complexity index is 684. The predicted molar refractivity (Wildman–Crippen MR) is 89.1 cm³/mol. The number of esters is 1. The fourth-order valence-corrected chi connectivity index (χ4v) is 2.08. The van der Waals surface area contributed by atoms with Gasteiger partial charge in [-0.15, -0.1) is 0 Å². The topological polar surface area (TPSA) is 102 Å². The molecule has 0 saturated heterocycles. The number of carbonyl (C=O) groups is 1. The van der Waals surface area contributed by atoms with Crippen LogP contribution in [0.2, 0.25) is 0 Å². The van der Waals surface area contributed by atoms with E-state index in [4.69, 9.17) is 15.2 Å². The van der Waals surface area contributed by atoms with E-state index in [2.05, 4.69) is 0 Å². The minimum absolute atomic E-state index is 0.0984. The van der Waals surface area contributed by atoms with E-state index in [1.165, 1.54) is 12.1 Å².